The highest BCUT2D eigenvalue weighted by atomic mass is 32.1. The van der Waals surface area contributed by atoms with E-state index in [1.807, 2.05) is 0 Å². The molecule has 0 aromatic carbocycles. The van der Waals surface area contributed by atoms with Crippen LogP contribution in [0, 0.1) is 0 Å². The number of anilines is 1. The zero-order valence-corrected chi connectivity index (χ0v) is 9.80. The maximum Gasteiger partial charge on any atom is 0.350 e. The Morgan fingerprint density at radius 2 is 2.38 bits per heavy atom. The van der Waals surface area contributed by atoms with Crippen LogP contribution in [0.2, 0.25) is 0 Å². The Balaban J connectivity index is 2.66. The molecule has 0 fully saturated rings. The van der Waals surface area contributed by atoms with Crippen molar-refractivity contribution in [1.29, 1.82) is 0 Å². The number of carbonyl (C=O) groups is 2. The van der Waals surface area contributed by atoms with Gasteiger partial charge in [-0.1, -0.05) is 6.08 Å². The number of allylic oxidation sites excluding steroid dienone is 1. The third kappa shape index (κ3) is 3.20. The summed E-state index contributed by atoms with van der Waals surface area (Å²) in [6.45, 7) is 3.54. The predicted molar refractivity (Wildman–Crippen MR) is 63.7 cm³/mol. The number of rotatable bonds is 5. The van der Waals surface area contributed by atoms with Crippen molar-refractivity contribution in [3.63, 3.8) is 0 Å². The third-order valence-electron chi connectivity index (χ3n) is 1.89. The molecule has 0 bridgehead atoms. The van der Waals surface area contributed by atoms with Gasteiger partial charge in [-0.25, -0.2) is 4.79 Å². The molecule has 1 aromatic heterocycles. The molecule has 0 aliphatic rings. The normalized spacial score (nSPS) is 9.56. The third-order valence-corrected chi connectivity index (χ3v) is 2.78. The second kappa shape index (κ2) is 6.07. The van der Waals surface area contributed by atoms with E-state index in [-0.39, 0.29) is 5.91 Å². The van der Waals surface area contributed by atoms with Gasteiger partial charge in [-0.05, 0) is 17.9 Å². The Morgan fingerprint density at radius 1 is 1.62 bits per heavy atom. The van der Waals surface area contributed by atoms with Crippen LogP contribution in [0.5, 0.6) is 0 Å². The summed E-state index contributed by atoms with van der Waals surface area (Å²) in [6, 6.07) is 1.68. The van der Waals surface area contributed by atoms with Crippen LogP contribution in [0.15, 0.2) is 24.1 Å². The molecule has 5 heteroatoms. The van der Waals surface area contributed by atoms with Crippen LogP contribution >= 0.6 is 11.3 Å². The molecule has 0 saturated carbocycles. The average Bonchev–Trinajstić information content (AvgIpc) is 2.73. The molecule has 1 heterocycles. The van der Waals surface area contributed by atoms with E-state index in [2.05, 4.69) is 16.6 Å². The van der Waals surface area contributed by atoms with Crippen molar-refractivity contribution >= 4 is 28.9 Å². The fourth-order valence-corrected chi connectivity index (χ4v) is 1.87. The molecule has 4 nitrogen and oxygen atoms in total. The number of hydrogen-bond donors (Lipinski definition) is 1. The first-order chi connectivity index (χ1) is 7.69. The molecule has 86 valence electrons. The van der Waals surface area contributed by atoms with E-state index in [1.54, 1.807) is 17.5 Å². The van der Waals surface area contributed by atoms with E-state index in [0.717, 1.165) is 0 Å². The van der Waals surface area contributed by atoms with Gasteiger partial charge in [-0.3, -0.25) is 4.79 Å². The molecule has 1 N–H and O–H groups in total. The van der Waals surface area contributed by atoms with Crippen LogP contribution in [0.3, 0.4) is 0 Å². The van der Waals surface area contributed by atoms with E-state index >= 15 is 0 Å². The maximum absolute atomic E-state index is 11.4. The Kier molecular flexibility index (Phi) is 4.72. The van der Waals surface area contributed by atoms with Gasteiger partial charge in [0.2, 0.25) is 5.91 Å². The van der Waals surface area contributed by atoms with E-state index < -0.39 is 5.97 Å². The minimum absolute atomic E-state index is 0.136. The maximum atomic E-state index is 11.4. The SMILES string of the molecule is C=CCCC(=O)Nc1ccsc1C(=O)OC. The highest BCUT2D eigenvalue weighted by molar-refractivity contribution is 7.12. The van der Waals surface area contributed by atoms with Crippen LogP contribution in [0.4, 0.5) is 5.69 Å². The summed E-state index contributed by atoms with van der Waals surface area (Å²) in [5, 5.41) is 4.39. The zero-order chi connectivity index (χ0) is 12.0. The van der Waals surface area contributed by atoms with E-state index in [4.69, 9.17) is 0 Å². The van der Waals surface area contributed by atoms with Gasteiger partial charge in [0.25, 0.3) is 0 Å². The average molecular weight is 239 g/mol. The lowest BCUT2D eigenvalue weighted by atomic mass is 10.3. The highest BCUT2D eigenvalue weighted by Crippen LogP contribution is 2.23. The fourth-order valence-electron chi connectivity index (χ4n) is 1.10. The van der Waals surface area contributed by atoms with Crippen molar-refractivity contribution in [2.24, 2.45) is 0 Å². The van der Waals surface area contributed by atoms with Crippen LogP contribution in [-0.2, 0) is 9.53 Å². The van der Waals surface area contributed by atoms with Crippen molar-refractivity contribution in [3.05, 3.63) is 29.0 Å². The summed E-state index contributed by atoms with van der Waals surface area (Å²) in [5.74, 6) is -0.572. The Morgan fingerprint density at radius 3 is 3.00 bits per heavy atom. The zero-order valence-electron chi connectivity index (χ0n) is 8.99. The first-order valence-corrected chi connectivity index (χ1v) is 5.63. The molecular weight excluding hydrogens is 226 g/mol. The summed E-state index contributed by atoms with van der Waals surface area (Å²) in [4.78, 5) is 23.1. The Bertz CT molecular complexity index is 398. The standard InChI is InChI=1S/C11H13NO3S/c1-3-4-5-9(13)12-8-6-7-16-10(8)11(14)15-2/h3,6-7H,1,4-5H2,2H3,(H,12,13). The van der Waals surface area contributed by atoms with E-state index in [0.29, 0.717) is 23.4 Å². The number of hydrogen-bond acceptors (Lipinski definition) is 4. The minimum Gasteiger partial charge on any atom is -0.465 e. The molecule has 0 aliphatic carbocycles. The van der Waals surface area contributed by atoms with Crippen molar-refractivity contribution in [2.75, 3.05) is 12.4 Å². The lowest BCUT2D eigenvalue weighted by molar-refractivity contribution is -0.116. The predicted octanol–water partition coefficient (Wildman–Crippen LogP) is 2.44. The summed E-state index contributed by atoms with van der Waals surface area (Å²) in [5.41, 5.74) is 0.505. The molecule has 1 aromatic rings. The van der Waals surface area contributed by atoms with Crippen LogP contribution in [0.1, 0.15) is 22.5 Å². The van der Waals surface area contributed by atoms with Gasteiger partial charge in [-0.15, -0.1) is 17.9 Å². The number of methoxy groups -OCH3 is 1. The molecule has 0 atom stereocenters. The molecular formula is C11H13NO3S. The fraction of sp³-hybridized carbons (Fsp3) is 0.273. The largest absolute Gasteiger partial charge is 0.465 e. The van der Waals surface area contributed by atoms with Gasteiger partial charge in [0, 0.05) is 6.42 Å². The van der Waals surface area contributed by atoms with Gasteiger partial charge in [0.1, 0.15) is 4.88 Å². The molecule has 16 heavy (non-hydrogen) atoms. The van der Waals surface area contributed by atoms with Gasteiger partial charge < -0.3 is 10.1 Å². The van der Waals surface area contributed by atoms with Crippen LogP contribution < -0.4 is 5.32 Å². The lowest BCUT2D eigenvalue weighted by Gasteiger charge is -2.04. The molecule has 0 unspecified atom stereocenters. The number of amides is 1. The van der Waals surface area contributed by atoms with Crippen molar-refractivity contribution in [1.82, 2.24) is 0 Å². The molecule has 0 radical (unpaired) electrons. The van der Waals surface area contributed by atoms with Crippen molar-refractivity contribution < 1.29 is 14.3 Å². The summed E-state index contributed by atoms with van der Waals surface area (Å²) in [7, 11) is 1.31. The Hall–Kier alpha value is -1.62. The number of carbonyl (C=O) groups excluding carboxylic acids is 2. The lowest BCUT2D eigenvalue weighted by Crippen LogP contribution is -2.13. The van der Waals surface area contributed by atoms with Crippen molar-refractivity contribution in [3.8, 4) is 0 Å². The molecule has 0 spiro atoms. The first kappa shape index (κ1) is 12.4. The second-order valence-electron chi connectivity index (χ2n) is 3.03. The smallest absolute Gasteiger partial charge is 0.350 e. The quantitative estimate of drug-likeness (QED) is 0.634. The van der Waals surface area contributed by atoms with Gasteiger partial charge in [-0.2, -0.15) is 0 Å². The van der Waals surface area contributed by atoms with Crippen LogP contribution in [-0.4, -0.2) is 19.0 Å². The summed E-state index contributed by atoms with van der Waals surface area (Å²) >= 11 is 1.24. The Labute approximate surface area is 97.9 Å². The summed E-state index contributed by atoms with van der Waals surface area (Å²) < 4.78 is 4.60. The molecule has 0 saturated heterocycles. The van der Waals surface area contributed by atoms with Crippen LogP contribution in [0.25, 0.3) is 0 Å². The first-order valence-electron chi connectivity index (χ1n) is 4.75. The second-order valence-corrected chi connectivity index (χ2v) is 3.95. The number of ether oxygens (including phenoxy) is 1. The monoisotopic (exact) mass is 239 g/mol. The van der Waals surface area contributed by atoms with Crippen molar-refractivity contribution in [2.45, 2.75) is 12.8 Å². The highest BCUT2D eigenvalue weighted by Gasteiger charge is 2.14. The molecule has 0 aliphatic heterocycles. The minimum atomic E-state index is -0.436. The molecule has 1 amide bonds. The van der Waals surface area contributed by atoms with E-state index in [1.165, 1.54) is 18.4 Å². The van der Waals surface area contributed by atoms with E-state index in [9.17, 15) is 9.59 Å². The summed E-state index contributed by atoms with van der Waals surface area (Å²) in [6.07, 6.45) is 2.65. The molecule has 1 rings (SSSR count). The van der Waals surface area contributed by atoms with Gasteiger partial charge >= 0.3 is 5.97 Å². The van der Waals surface area contributed by atoms with Gasteiger partial charge in [0.15, 0.2) is 0 Å². The number of esters is 1. The topological polar surface area (TPSA) is 55.4 Å². The number of nitrogens with one attached hydrogen (secondary N) is 1. The number of thiophene rings is 1. The van der Waals surface area contributed by atoms with Gasteiger partial charge in [0.05, 0.1) is 12.8 Å².